The lowest BCUT2D eigenvalue weighted by atomic mass is 9.95. The molecule has 1 amide bonds. The van der Waals surface area contributed by atoms with Gasteiger partial charge in [0.15, 0.2) is 0 Å². The number of likely N-dealkylation sites (tertiary alicyclic amines) is 1. The molecule has 1 unspecified atom stereocenters. The molecule has 2 rings (SSSR count). The minimum absolute atomic E-state index is 0.158. The van der Waals surface area contributed by atoms with Crippen molar-refractivity contribution >= 4 is 5.91 Å². The quantitative estimate of drug-likeness (QED) is 0.786. The molecule has 1 aliphatic rings. The highest BCUT2D eigenvalue weighted by molar-refractivity contribution is 5.94. The Morgan fingerprint density at radius 2 is 2.28 bits per heavy atom. The molecular weight excluding hydrogens is 229 g/mol. The average Bonchev–Trinajstić information content (AvgIpc) is 2.41. The van der Waals surface area contributed by atoms with E-state index in [9.17, 15) is 9.18 Å². The Labute approximate surface area is 108 Å². The van der Waals surface area contributed by atoms with Gasteiger partial charge in [0.05, 0.1) is 5.56 Å². The number of amides is 1. The van der Waals surface area contributed by atoms with Crippen molar-refractivity contribution in [3.05, 3.63) is 35.1 Å². The Morgan fingerprint density at radius 1 is 1.50 bits per heavy atom. The first kappa shape index (κ1) is 13.1. The SMILES string of the molecule is CCC1CCCN(C(=O)c2cccc(C)c2F)C1. The summed E-state index contributed by atoms with van der Waals surface area (Å²) in [5.41, 5.74) is 0.747. The van der Waals surface area contributed by atoms with Crippen molar-refractivity contribution in [2.24, 2.45) is 5.92 Å². The second kappa shape index (κ2) is 5.51. The number of halogens is 1. The number of aryl methyl sites for hydroxylation is 1. The molecule has 1 aromatic carbocycles. The maximum absolute atomic E-state index is 13.9. The Hall–Kier alpha value is -1.38. The van der Waals surface area contributed by atoms with E-state index < -0.39 is 0 Å². The minimum atomic E-state index is -0.374. The largest absolute Gasteiger partial charge is 0.338 e. The van der Waals surface area contributed by atoms with Crippen LogP contribution in [0.3, 0.4) is 0 Å². The number of rotatable bonds is 2. The van der Waals surface area contributed by atoms with Crippen LogP contribution in [0.5, 0.6) is 0 Å². The number of hydrogen-bond donors (Lipinski definition) is 0. The van der Waals surface area contributed by atoms with Gasteiger partial charge in [-0.3, -0.25) is 4.79 Å². The van der Waals surface area contributed by atoms with Gasteiger partial charge in [0.2, 0.25) is 0 Å². The lowest BCUT2D eigenvalue weighted by Crippen LogP contribution is -2.40. The van der Waals surface area contributed by atoms with Crippen LogP contribution in [-0.4, -0.2) is 23.9 Å². The predicted octanol–water partition coefficient (Wildman–Crippen LogP) is 3.40. The molecule has 1 heterocycles. The van der Waals surface area contributed by atoms with E-state index in [1.807, 2.05) is 0 Å². The topological polar surface area (TPSA) is 20.3 Å². The summed E-state index contributed by atoms with van der Waals surface area (Å²) in [7, 11) is 0. The number of hydrogen-bond acceptors (Lipinski definition) is 1. The third-order valence-corrected chi connectivity index (χ3v) is 3.81. The van der Waals surface area contributed by atoms with E-state index in [2.05, 4.69) is 6.92 Å². The minimum Gasteiger partial charge on any atom is -0.338 e. The summed E-state index contributed by atoms with van der Waals surface area (Å²) < 4.78 is 13.9. The van der Waals surface area contributed by atoms with Crippen molar-refractivity contribution in [1.82, 2.24) is 4.90 Å². The monoisotopic (exact) mass is 249 g/mol. The molecule has 0 spiro atoms. The molecule has 98 valence electrons. The highest BCUT2D eigenvalue weighted by Crippen LogP contribution is 2.22. The zero-order chi connectivity index (χ0) is 13.1. The molecule has 0 saturated carbocycles. The molecule has 0 aliphatic carbocycles. The fourth-order valence-electron chi connectivity index (χ4n) is 2.57. The molecule has 18 heavy (non-hydrogen) atoms. The zero-order valence-electron chi connectivity index (χ0n) is 11.1. The smallest absolute Gasteiger partial charge is 0.256 e. The molecule has 1 aromatic rings. The van der Waals surface area contributed by atoms with Crippen molar-refractivity contribution in [3.63, 3.8) is 0 Å². The van der Waals surface area contributed by atoms with E-state index in [1.54, 1.807) is 30.0 Å². The van der Waals surface area contributed by atoms with Crippen LogP contribution in [0, 0.1) is 18.7 Å². The molecule has 0 bridgehead atoms. The molecule has 0 N–H and O–H groups in total. The Morgan fingerprint density at radius 3 is 3.00 bits per heavy atom. The van der Waals surface area contributed by atoms with Gasteiger partial charge in [0, 0.05) is 13.1 Å². The number of carbonyl (C=O) groups excluding carboxylic acids is 1. The summed E-state index contributed by atoms with van der Waals surface area (Å²) in [6.45, 7) is 5.36. The molecule has 0 aromatic heterocycles. The first-order valence-corrected chi connectivity index (χ1v) is 6.68. The van der Waals surface area contributed by atoms with E-state index >= 15 is 0 Å². The van der Waals surface area contributed by atoms with Gasteiger partial charge in [0.25, 0.3) is 5.91 Å². The fraction of sp³-hybridized carbons (Fsp3) is 0.533. The van der Waals surface area contributed by atoms with Crippen molar-refractivity contribution < 1.29 is 9.18 Å². The Bertz CT molecular complexity index is 444. The maximum atomic E-state index is 13.9. The normalized spacial score (nSPS) is 19.9. The van der Waals surface area contributed by atoms with Crippen molar-refractivity contribution in [2.75, 3.05) is 13.1 Å². The third kappa shape index (κ3) is 2.55. The van der Waals surface area contributed by atoms with Crippen LogP contribution in [-0.2, 0) is 0 Å². The molecule has 1 atom stereocenters. The van der Waals surface area contributed by atoms with E-state index in [4.69, 9.17) is 0 Å². The second-order valence-corrected chi connectivity index (χ2v) is 5.10. The van der Waals surface area contributed by atoms with Crippen LogP contribution < -0.4 is 0 Å². The summed E-state index contributed by atoms with van der Waals surface area (Å²) >= 11 is 0. The number of carbonyl (C=O) groups is 1. The van der Waals surface area contributed by atoms with Crippen LogP contribution in [0.1, 0.15) is 42.1 Å². The number of nitrogens with zero attached hydrogens (tertiary/aromatic N) is 1. The highest BCUT2D eigenvalue weighted by atomic mass is 19.1. The standard InChI is InChI=1S/C15H20FNO/c1-3-12-7-5-9-17(10-12)15(18)13-8-4-6-11(2)14(13)16/h4,6,8,12H,3,5,7,9-10H2,1-2H3. The van der Waals surface area contributed by atoms with Gasteiger partial charge in [-0.25, -0.2) is 4.39 Å². The molecule has 1 fully saturated rings. The van der Waals surface area contributed by atoms with E-state index in [0.29, 0.717) is 11.5 Å². The van der Waals surface area contributed by atoms with E-state index in [0.717, 1.165) is 25.9 Å². The average molecular weight is 249 g/mol. The third-order valence-electron chi connectivity index (χ3n) is 3.81. The van der Waals surface area contributed by atoms with Gasteiger partial charge in [-0.15, -0.1) is 0 Å². The summed E-state index contributed by atoms with van der Waals surface area (Å²) in [5, 5.41) is 0. The number of benzene rings is 1. The van der Waals surface area contributed by atoms with Crippen molar-refractivity contribution in [1.29, 1.82) is 0 Å². The predicted molar refractivity (Wildman–Crippen MR) is 70.1 cm³/mol. The molecule has 2 nitrogen and oxygen atoms in total. The van der Waals surface area contributed by atoms with Crippen molar-refractivity contribution in [3.8, 4) is 0 Å². The Kier molecular flexibility index (Phi) is 4.00. The van der Waals surface area contributed by atoms with Gasteiger partial charge in [-0.05, 0) is 37.3 Å². The highest BCUT2D eigenvalue weighted by Gasteiger charge is 2.25. The lowest BCUT2D eigenvalue weighted by Gasteiger charge is -2.32. The van der Waals surface area contributed by atoms with E-state index in [1.165, 1.54) is 6.42 Å². The van der Waals surface area contributed by atoms with Crippen LogP contribution in [0.15, 0.2) is 18.2 Å². The fourth-order valence-corrected chi connectivity index (χ4v) is 2.57. The first-order valence-electron chi connectivity index (χ1n) is 6.68. The van der Waals surface area contributed by atoms with Gasteiger partial charge in [-0.1, -0.05) is 25.5 Å². The van der Waals surface area contributed by atoms with Crippen LogP contribution in [0.2, 0.25) is 0 Å². The van der Waals surface area contributed by atoms with Gasteiger partial charge < -0.3 is 4.90 Å². The zero-order valence-corrected chi connectivity index (χ0v) is 11.1. The first-order chi connectivity index (χ1) is 8.63. The van der Waals surface area contributed by atoms with Gasteiger partial charge in [0.1, 0.15) is 5.82 Å². The van der Waals surface area contributed by atoms with E-state index in [-0.39, 0.29) is 17.3 Å². The molecule has 1 saturated heterocycles. The van der Waals surface area contributed by atoms with Gasteiger partial charge in [-0.2, -0.15) is 0 Å². The summed E-state index contributed by atoms with van der Waals surface area (Å²) in [6, 6.07) is 5.02. The second-order valence-electron chi connectivity index (χ2n) is 5.10. The van der Waals surface area contributed by atoms with Crippen LogP contribution in [0.4, 0.5) is 4.39 Å². The molecule has 0 radical (unpaired) electrons. The summed E-state index contributed by atoms with van der Waals surface area (Å²) in [4.78, 5) is 14.1. The lowest BCUT2D eigenvalue weighted by molar-refractivity contribution is 0.0666. The summed E-state index contributed by atoms with van der Waals surface area (Å²) in [5.74, 6) is 0.0334. The van der Waals surface area contributed by atoms with Crippen LogP contribution >= 0.6 is 0 Å². The Balaban J connectivity index is 2.18. The molecule has 1 aliphatic heterocycles. The van der Waals surface area contributed by atoms with Crippen molar-refractivity contribution in [2.45, 2.75) is 33.1 Å². The number of piperidine rings is 1. The molecule has 3 heteroatoms. The van der Waals surface area contributed by atoms with Gasteiger partial charge >= 0.3 is 0 Å². The van der Waals surface area contributed by atoms with Crippen LogP contribution in [0.25, 0.3) is 0 Å². The molecular formula is C15H20FNO. The maximum Gasteiger partial charge on any atom is 0.256 e. The summed E-state index contributed by atoms with van der Waals surface area (Å²) in [6.07, 6.45) is 3.29.